The maximum absolute atomic E-state index is 11.7. The van der Waals surface area contributed by atoms with Gasteiger partial charge in [0.2, 0.25) is 6.54 Å². The highest BCUT2D eigenvalue weighted by Crippen LogP contribution is 2.15. The summed E-state index contributed by atoms with van der Waals surface area (Å²) < 4.78 is 1.91. The first-order valence-electron chi connectivity index (χ1n) is 5.91. The van der Waals surface area contributed by atoms with E-state index in [4.69, 9.17) is 0 Å². The minimum Gasteiger partial charge on any atom is -0.343 e. The molecule has 0 fully saturated rings. The number of pyridine rings is 1. The van der Waals surface area contributed by atoms with Gasteiger partial charge in [-0.15, -0.1) is 0 Å². The molecule has 0 spiro atoms. The summed E-state index contributed by atoms with van der Waals surface area (Å²) in [5.41, 5.74) is 2.27. The van der Waals surface area contributed by atoms with Crippen LogP contribution in [0.5, 0.6) is 0 Å². The molecule has 0 atom stereocenters. The van der Waals surface area contributed by atoms with Crippen LogP contribution in [-0.2, 0) is 11.3 Å². The summed E-state index contributed by atoms with van der Waals surface area (Å²) in [6, 6.07) is 14.2. The maximum Gasteiger partial charge on any atom is 0.288 e. The molecule has 3 nitrogen and oxygen atoms in total. The van der Waals surface area contributed by atoms with Gasteiger partial charge in [-0.2, -0.15) is 4.57 Å². The number of amides is 1. The van der Waals surface area contributed by atoms with Crippen molar-refractivity contribution in [2.75, 3.05) is 14.1 Å². The number of rotatable bonds is 3. The Hall–Kier alpha value is -2.16. The fourth-order valence-corrected chi connectivity index (χ4v) is 1.72. The molecule has 0 N–H and O–H groups in total. The molecule has 1 aromatic carbocycles. The second-order valence-corrected chi connectivity index (χ2v) is 4.42. The molecule has 0 aliphatic heterocycles. The van der Waals surface area contributed by atoms with E-state index >= 15 is 0 Å². The standard InChI is InChI=1S/C15H17N2O/c1-16(2)15(18)12-17-10-6-9-14(11-17)13-7-4-3-5-8-13/h3-11H,12H2,1-2H3/q+1. The Kier molecular flexibility index (Phi) is 3.72. The SMILES string of the molecule is CN(C)C(=O)C[n+]1cccc(-c2ccccc2)c1. The van der Waals surface area contributed by atoms with Gasteiger partial charge >= 0.3 is 0 Å². The zero-order valence-electron chi connectivity index (χ0n) is 10.7. The van der Waals surface area contributed by atoms with E-state index in [-0.39, 0.29) is 5.91 Å². The van der Waals surface area contributed by atoms with Crippen molar-refractivity contribution in [2.45, 2.75) is 6.54 Å². The molecular formula is C15H17N2O+. The number of likely N-dealkylation sites (N-methyl/N-ethyl adjacent to an activating group) is 1. The van der Waals surface area contributed by atoms with Gasteiger partial charge in [0.25, 0.3) is 5.91 Å². The van der Waals surface area contributed by atoms with Gasteiger partial charge < -0.3 is 4.90 Å². The molecule has 2 aromatic rings. The van der Waals surface area contributed by atoms with Crippen molar-refractivity contribution in [3.05, 3.63) is 54.9 Å². The van der Waals surface area contributed by atoms with Crippen LogP contribution in [0.3, 0.4) is 0 Å². The molecule has 2 rings (SSSR count). The minimum absolute atomic E-state index is 0.0882. The van der Waals surface area contributed by atoms with Crippen LogP contribution in [0.25, 0.3) is 11.1 Å². The van der Waals surface area contributed by atoms with Crippen molar-refractivity contribution in [3.8, 4) is 11.1 Å². The van der Waals surface area contributed by atoms with Crippen LogP contribution in [0, 0.1) is 0 Å². The Morgan fingerprint density at radius 3 is 2.39 bits per heavy atom. The Morgan fingerprint density at radius 2 is 1.72 bits per heavy atom. The first-order chi connectivity index (χ1) is 8.66. The van der Waals surface area contributed by atoms with E-state index in [0.29, 0.717) is 6.54 Å². The number of hydrogen-bond acceptors (Lipinski definition) is 1. The largest absolute Gasteiger partial charge is 0.343 e. The lowest BCUT2D eigenvalue weighted by Crippen LogP contribution is -2.42. The molecular weight excluding hydrogens is 224 g/mol. The predicted molar refractivity (Wildman–Crippen MR) is 70.8 cm³/mol. The third-order valence-corrected chi connectivity index (χ3v) is 2.78. The summed E-state index contributed by atoms with van der Waals surface area (Å²) in [4.78, 5) is 13.3. The van der Waals surface area contributed by atoms with E-state index in [1.165, 1.54) is 0 Å². The number of nitrogens with zero attached hydrogens (tertiary/aromatic N) is 2. The van der Waals surface area contributed by atoms with Gasteiger partial charge in [-0.05, 0) is 11.6 Å². The number of benzene rings is 1. The van der Waals surface area contributed by atoms with Crippen molar-refractivity contribution in [2.24, 2.45) is 0 Å². The Bertz CT molecular complexity index is 535. The molecule has 1 aromatic heterocycles. The molecule has 0 bridgehead atoms. The third-order valence-electron chi connectivity index (χ3n) is 2.78. The van der Waals surface area contributed by atoms with Gasteiger partial charge in [0.05, 0.1) is 0 Å². The zero-order valence-corrected chi connectivity index (χ0v) is 10.7. The van der Waals surface area contributed by atoms with Crippen molar-refractivity contribution >= 4 is 5.91 Å². The highest BCUT2D eigenvalue weighted by atomic mass is 16.2. The second kappa shape index (κ2) is 5.45. The van der Waals surface area contributed by atoms with Gasteiger partial charge in [-0.1, -0.05) is 30.3 Å². The summed E-state index contributed by atoms with van der Waals surface area (Å²) >= 11 is 0. The first kappa shape index (κ1) is 12.3. The Balaban J connectivity index is 2.23. The van der Waals surface area contributed by atoms with E-state index in [9.17, 15) is 4.79 Å². The molecule has 3 heteroatoms. The topological polar surface area (TPSA) is 24.2 Å². The molecule has 0 aliphatic carbocycles. The first-order valence-corrected chi connectivity index (χ1v) is 5.91. The molecule has 1 amide bonds. The van der Waals surface area contributed by atoms with Crippen molar-refractivity contribution in [3.63, 3.8) is 0 Å². The lowest BCUT2D eigenvalue weighted by Gasteiger charge is -2.07. The number of carbonyl (C=O) groups excluding carboxylic acids is 1. The van der Waals surface area contributed by atoms with Crippen LogP contribution < -0.4 is 4.57 Å². The van der Waals surface area contributed by atoms with Crippen LogP contribution in [0.1, 0.15) is 0 Å². The van der Waals surface area contributed by atoms with E-state index in [1.807, 2.05) is 47.3 Å². The normalized spacial score (nSPS) is 10.1. The van der Waals surface area contributed by atoms with E-state index in [0.717, 1.165) is 11.1 Å². The quantitative estimate of drug-likeness (QED) is 0.751. The number of carbonyl (C=O) groups is 1. The highest BCUT2D eigenvalue weighted by molar-refractivity contribution is 5.74. The van der Waals surface area contributed by atoms with Gasteiger partial charge in [0.15, 0.2) is 12.4 Å². The lowest BCUT2D eigenvalue weighted by molar-refractivity contribution is -0.684. The molecule has 92 valence electrons. The number of hydrogen-bond donors (Lipinski definition) is 0. The average Bonchev–Trinajstić information content (AvgIpc) is 2.40. The monoisotopic (exact) mass is 241 g/mol. The van der Waals surface area contributed by atoms with Crippen LogP contribution in [0.15, 0.2) is 54.9 Å². The van der Waals surface area contributed by atoms with Crippen molar-refractivity contribution in [1.82, 2.24) is 4.90 Å². The molecule has 0 saturated carbocycles. The molecule has 0 saturated heterocycles. The Morgan fingerprint density at radius 1 is 1.06 bits per heavy atom. The van der Waals surface area contributed by atoms with E-state index < -0.39 is 0 Å². The predicted octanol–water partition coefficient (Wildman–Crippen LogP) is 1.73. The molecule has 1 heterocycles. The van der Waals surface area contributed by atoms with Crippen LogP contribution in [0.2, 0.25) is 0 Å². The van der Waals surface area contributed by atoms with Gasteiger partial charge in [-0.3, -0.25) is 4.79 Å². The second-order valence-electron chi connectivity index (χ2n) is 4.42. The van der Waals surface area contributed by atoms with Crippen LogP contribution >= 0.6 is 0 Å². The average molecular weight is 241 g/mol. The van der Waals surface area contributed by atoms with Gasteiger partial charge in [0.1, 0.15) is 0 Å². The summed E-state index contributed by atoms with van der Waals surface area (Å²) in [6.45, 7) is 0.369. The van der Waals surface area contributed by atoms with Crippen LogP contribution in [0.4, 0.5) is 0 Å². The van der Waals surface area contributed by atoms with Gasteiger partial charge in [-0.25, -0.2) is 0 Å². The van der Waals surface area contributed by atoms with Crippen molar-refractivity contribution in [1.29, 1.82) is 0 Å². The van der Waals surface area contributed by atoms with Gasteiger partial charge in [0, 0.05) is 25.7 Å². The zero-order chi connectivity index (χ0) is 13.0. The Labute approximate surface area is 107 Å². The smallest absolute Gasteiger partial charge is 0.288 e. The fraction of sp³-hybridized carbons (Fsp3) is 0.200. The summed E-state index contributed by atoms with van der Waals surface area (Å²) in [5, 5.41) is 0. The van der Waals surface area contributed by atoms with Crippen LogP contribution in [-0.4, -0.2) is 24.9 Å². The van der Waals surface area contributed by atoms with E-state index in [2.05, 4.69) is 12.1 Å². The summed E-state index contributed by atoms with van der Waals surface area (Å²) in [6.07, 6.45) is 3.91. The molecule has 0 radical (unpaired) electrons. The van der Waals surface area contributed by atoms with Crippen molar-refractivity contribution < 1.29 is 9.36 Å². The third kappa shape index (κ3) is 2.94. The lowest BCUT2D eigenvalue weighted by atomic mass is 10.1. The molecule has 0 unspecified atom stereocenters. The highest BCUT2D eigenvalue weighted by Gasteiger charge is 2.11. The fourth-order valence-electron chi connectivity index (χ4n) is 1.72. The summed E-state index contributed by atoms with van der Waals surface area (Å²) in [5.74, 6) is 0.0882. The van der Waals surface area contributed by atoms with E-state index in [1.54, 1.807) is 19.0 Å². The summed E-state index contributed by atoms with van der Waals surface area (Å²) in [7, 11) is 3.54. The molecule has 0 aliphatic rings. The molecule has 18 heavy (non-hydrogen) atoms. The number of aromatic nitrogens is 1. The minimum atomic E-state index is 0.0882. The maximum atomic E-state index is 11.7.